The second kappa shape index (κ2) is 6.38. The highest BCUT2D eigenvalue weighted by atomic mass is 32.1. The van der Waals surface area contributed by atoms with Gasteiger partial charge in [-0.05, 0) is 29.0 Å². The molecule has 2 aromatic rings. The van der Waals surface area contributed by atoms with E-state index in [9.17, 15) is 4.79 Å². The number of carbonyl (C=O) groups excluding carboxylic acids is 1. The minimum absolute atomic E-state index is 0.165. The quantitative estimate of drug-likeness (QED) is 0.862. The summed E-state index contributed by atoms with van der Waals surface area (Å²) in [5, 5.41) is 7.77. The predicted octanol–water partition coefficient (Wildman–Crippen LogP) is 4.19. The average Bonchev–Trinajstić information content (AvgIpc) is 2.90. The molecule has 0 aliphatic rings. The topological polar surface area (TPSA) is 41.1 Å². The highest BCUT2D eigenvalue weighted by Crippen LogP contribution is 2.23. The zero-order valence-electron chi connectivity index (χ0n) is 11.1. The Morgan fingerprint density at radius 2 is 2.00 bits per heavy atom. The van der Waals surface area contributed by atoms with Crippen molar-refractivity contribution in [2.45, 2.75) is 26.3 Å². The van der Waals surface area contributed by atoms with Gasteiger partial charge in [0.2, 0.25) is 0 Å². The fraction of sp³-hybridized carbons (Fsp3) is 0.267. The molecular formula is C15H18N2OS. The maximum atomic E-state index is 11.9. The smallest absolute Gasteiger partial charge is 0.319 e. The molecule has 0 fully saturated rings. The molecule has 3 nitrogen and oxygen atoms in total. The van der Waals surface area contributed by atoms with Crippen LogP contribution < -0.4 is 10.6 Å². The van der Waals surface area contributed by atoms with Crippen LogP contribution in [0.2, 0.25) is 0 Å². The molecule has 0 aliphatic heterocycles. The molecule has 0 unspecified atom stereocenters. The average molecular weight is 274 g/mol. The summed E-state index contributed by atoms with van der Waals surface area (Å²) in [6.45, 7) is 4.79. The maximum absolute atomic E-state index is 11.9. The van der Waals surface area contributed by atoms with Crippen LogP contribution >= 0.6 is 11.3 Å². The first-order valence-corrected chi connectivity index (χ1v) is 7.21. The summed E-state index contributed by atoms with van der Waals surface area (Å²) in [4.78, 5) is 13.0. The molecule has 1 aromatic heterocycles. The first kappa shape index (κ1) is 13.6. The molecule has 4 heteroatoms. The van der Waals surface area contributed by atoms with Crippen molar-refractivity contribution in [3.05, 3.63) is 52.2 Å². The number of carbonyl (C=O) groups is 1. The van der Waals surface area contributed by atoms with Crippen molar-refractivity contribution in [2.24, 2.45) is 0 Å². The maximum Gasteiger partial charge on any atom is 0.319 e. The van der Waals surface area contributed by atoms with Gasteiger partial charge in [0.1, 0.15) is 0 Å². The summed E-state index contributed by atoms with van der Waals surface area (Å²) in [6.07, 6.45) is 0. The third-order valence-electron chi connectivity index (χ3n) is 2.83. The Hall–Kier alpha value is -1.81. The van der Waals surface area contributed by atoms with Gasteiger partial charge in [-0.15, -0.1) is 11.3 Å². The van der Waals surface area contributed by atoms with E-state index in [4.69, 9.17) is 0 Å². The van der Waals surface area contributed by atoms with Crippen LogP contribution in [0.4, 0.5) is 10.5 Å². The number of hydrogen-bond donors (Lipinski definition) is 2. The molecule has 0 atom stereocenters. The molecule has 0 bridgehead atoms. The van der Waals surface area contributed by atoms with E-state index < -0.39 is 0 Å². The van der Waals surface area contributed by atoms with Crippen LogP contribution in [-0.2, 0) is 6.54 Å². The van der Waals surface area contributed by atoms with Crippen molar-refractivity contribution in [3.63, 3.8) is 0 Å². The Morgan fingerprint density at radius 3 is 2.68 bits per heavy atom. The van der Waals surface area contributed by atoms with Gasteiger partial charge in [-0.1, -0.05) is 38.1 Å². The molecule has 1 heterocycles. The van der Waals surface area contributed by atoms with E-state index in [0.29, 0.717) is 12.5 Å². The second-order valence-electron chi connectivity index (χ2n) is 4.63. The van der Waals surface area contributed by atoms with E-state index >= 15 is 0 Å². The number of urea groups is 1. The molecule has 0 saturated carbocycles. The molecule has 19 heavy (non-hydrogen) atoms. The number of para-hydroxylation sites is 1. The van der Waals surface area contributed by atoms with Gasteiger partial charge in [0.25, 0.3) is 0 Å². The lowest BCUT2D eigenvalue weighted by Gasteiger charge is -2.13. The molecular weight excluding hydrogens is 256 g/mol. The van der Waals surface area contributed by atoms with Crippen LogP contribution in [0.25, 0.3) is 0 Å². The van der Waals surface area contributed by atoms with Crippen molar-refractivity contribution >= 4 is 23.1 Å². The third-order valence-corrected chi connectivity index (χ3v) is 3.71. The molecule has 2 rings (SSSR count). The molecule has 2 amide bonds. The standard InChI is InChI=1S/C15H18N2OS/c1-11(2)13-7-3-4-8-14(13)17-15(18)16-10-12-6-5-9-19-12/h3-9,11H,10H2,1-2H3,(H2,16,17,18). The molecule has 100 valence electrons. The number of hydrogen-bond acceptors (Lipinski definition) is 2. The number of nitrogens with one attached hydrogen (secondary N) is 2. The molecule has 0 aliphatic carbocycles. The molecule has 0 saturated heterocycles. The lowest BCUT2D eigenvalue weighted by atomic mass is 10.0. The van der Waals surface area contributed by atoms with Gasteiger partial charge in [0, 0.05) is 10.6 Å². The normalized spacial score (nSPS) is 10.5. The van der Waals surface area contributed by atoms with Crippen LogP contribution in [0.1, 0.15) is 30.2 Å². The fourth-order valence-corrected chi connectivity index (χ4v) is 2.51. The van der Waals surface area contributed by atoms with Gasteiger partial charge in [0.05, 0.1) is 6.54 Å². The lowest BCUT2D eigenvalue weighted by molar-refractivity contribution is 0.252. The van der Waals surface area contributed by atoms with Crippen molar-refractivity contribution in [2.75, 3.05) is 5.32 Å². The van der Waals surface area contributed by atoms with E-state index in [0.717, 1.165) is 16.1 Å². The minimum Gasteiger partial charge on any atom is -0.333 e. The first-order chi connectivity index (χ1) is 9.16. The third kappa shape index (κ3) is 3.83. The minimum atomic E-state index is -0.165. The largest absolute Gasteiger partial charge is 0.333 e. The zero-order chi connectivity index (χ0) is 13.7. The van der Waals surface area contributed by atoms with Crippen LogP contribution in [0.3, 0.4) is 0 Å². The number of anilines is 1. The Balaban J connectivity index is 1.95. The van der Waals surface area contributed by atoms with Crippen LogP contribution in [-0.4, -0.2) is 6.03 Å². The van der Waals surface area contributed by atoms with Gasteiger partial charge in [0.15, 0.2) is 0 Å². The summed E-state index contributed by atoms with van der Waals surface area (Å²) < 4.78 is 0. The van der Waals surface area contributed by atoms with E-state index in [1.807, 2.05) is 41.8 Å². The van der Waals surface area contributed by atoms with Gasteiger partial charge in [-0.2, -0.15) is 0 Å². The van der Waals surface area contributed by atoms with Crippen molar-refractivity contribution in [1.82, 2.24) is 5.32 Å². The highest BCUT2D eigenvalue weighted by molar-refractivity contribution is 7.09. The fourth-order valence-electron chi connectivity index (χ4n) is 1.86. The summed E-state index contributed by atoms with van der Waals surface area (Å²) in [7, 11) is 0. The van der Waals surface area contributed by atoms with Gasteiger partial charge in [-0.25, -0.2) is 4.79 Å². The summed E-state index contributed by atoms with van der Waals surface area (Å²) in [5.41, 5.74) is 2.02. The van der Waals surface area contributed by atoms with Gasteiger partial charge >= 0.3 is 6.03 Å². The number of thiophene rings is 1. The Bertz CT molecular complexity index is 535. The van der Waals surface area contributed by atoms with Crippen molar-refractivity contribution in [3.8, 4) is 0 Å². The first-order valence-electron chi connectivity index (χ1n) is 6.33. The van der Waals surface area contributed by atoms with E-state index in [1.54, 1.807) is 11.3 Å². The Labute approximate surface area is 117 Å². The van der Waals surface area contributed by atoms with E-state index in [-0.39, 0.29) is 6.03 Å². The number of rotatable bonds is 4. The molecule has 2 N–H and O–H groups in total. The molecule has 0 radical (unpaired) electrons. The van der Waals surface area contributed by atoms with Crippen LogP contribution in [0, 0.1) is 0 Å². The number of amides is 2. The molecule has 0 spiro atoms. The monoisotopic (exact) mass is 274 g/mol. The van der Waals surface area contributed by atoms with Gasteiger partial charge < -0.3 is 10.6 Å². The molecule has 1 aromatic carbocycles. The van der Waals surface area contributed by atoms with Gasteiger partial charge in [-0.3, -0.25) is 0 Å². The summed E-state index contributed by atoms with van der Waals surface area (Å²) in [5.74, 6) is 0.383. The Morgan fingerprint density at radius 1 is 1.21 bits per heavy atom. The van der Waals surface area contributed by atoms with E-state index in [2.05, 4.69) is 24.5 Å². The van der Waals surface area contributed by atoms with Crippen molar-refractivity contribution < 1.29 is 4.79 Å². The predicted molar refractivity (Wildman–Crippen MR) is 80.7 cm³/mol. The number of benzene rings is 1. The SMILES string of the molecule is CC(C)c1ccccc1NC(=O)NCc1cccs1. The second-order valence-corrected chi connectivity index (χ2v) is 5.66. The summed E-state index contributed by atoms with van der Waals surface area (Å²) in [6, 6.07) is 11.7. The zero-order valence-corrected chi connectivity index (χ0v) is 12.0. The summed E-state index contributed by atoms with van der Waals surface area (Å²) >= 11 is 1.64. The van der Waals surface area contributed by atoms with Crippen LogP contribution in [0.5, 0.6) is 0 Å². The van der Waals surface area contributed by atoms with E-state index in [1.165, 1.54) is 0 Å². The van der Waals surface area contributed by atoms with Crippen molar-refractivity contribution in [1.29, 1.82) is 0 Å². The lowest BCUT2D eigenvalue weighted by Crippen LogP contribution is -2.28. The Kier molecular flexibility index (Phi) is 4.58. The van der Waals surface area contributed by atoms with Crippen LogP contribution in [0.15, 0.2) is 41.8 Å². The highest BCUT2D eigenvalue weighted by Gasteiger charge is 2.08.